The largest absolute Gasteiger partial charge is 0.481 e. The van der Waals surface area contributed by atoms with Crippen LogP contribution in [0.1, 0.15) is 32.4 Å². The van der Waals surface area contributed by atoms with Gasteiger partial charge in [0.05, 0.1) is 5.92 Å². The Morgan fingerprint density at radius 2 is 2.00 bits per heavy atom. The van der Waals surface area contributed by atoms with E-state index in [4.69, 9.17) is 5.11 Å². The molecule has 0 aliphatic carbocycles. The molecule has 1 N–H and O–H groups in total. The molecule has 0 saturated carbocycles. The first-order valence-corrected chi connectivity index (χ1v) is 5.36. The Hall–Kier alpha value is -1.58. The van der Waals surface area contributed by atoms with E-state index in [2.05, 4.69) is 0 Å². The van der Waals surface area contributed by atoms with Gasteiger partial charge < -0.3 is 9.67 Å². The molecule has 88 valence electrons. The Bertz CT molecular complexity index is 434. The van der Waals surface area contributed by atoms with E-state index in [0.29, 0.717) is 18.2 Å². The van der Waals surface area contributed by atoms with Crippen LogP contribution in [0.3, 0.4) is 0 Å². The molecule has 0 aromatic carbocycles. The Balaban J connectivity index is 3.22. The summed E-state index contributed by atoms with van der Waals surface area (Å²) in [6, 6.07) is 4.76. The summed E-state index contributed by atoms with van der Waals surface area (Å²) in [5.74, 6) is -1.27. The van der Waals surface area contributed by atoms with Gasteiger partial charge in [-0.05, 0) is 18.9 Å². The molecule has 0 spiro atoms. The SMILES string of the molecule is CC(C)Cn1c(C(C)C(=O)O)cccc1=O. The molecule has 1 heterocycles. The number of carbonyl (C=O) groups is 1. The fourth-order valence-electron chi connectivity index (χ4n) is 1.60. The van der Waals surface area contributed by atoms with Gasteiger partial charge in [-0.25, -0.2) is 0 Å². The fraction of sp³-hybridized carbons (Fsp3) is 0.500. The maximum absolute atomic E-state index is 11.7. The fourth-order valence-corrected chi connectivity index (χ4v) is 1.60. The number of aliphatic carboxylic acids is 1. The number of carboxylic acid groups (broad SMARTS) is 1. The van der Waals surface area contributed by atoms with Gasteiger partial charge in [-0.3, -0.25) is 9.59 Å². The highest BCUT2D eigenvalue weighted by Gasteiger charge is 2.18. The molecule has 1 atom stereocenters. The van der Waals surface area contributed by atoms with Crippen molar-refractivity contribution >= 4 is 5.97 Å². The molecule has 0 saturated heterocycles. The van der Waals surface area contributed by atoms with Crippen LogP contribution in [-0.4, -0.2) is 15.6 Å². The minimum absolute atomic E-state index is 0.140. The number of hydrogen-bond acceptors (Lipinski definition) is 2. The molecule has 1 unspecified atom stereocenters. The molecule has 4 nitrogen and oxygen atoms in total. The first-order valence-electron chi connectivity index (χ1n) is 5.36. The predicted molar refractivity (Wildman–Crippen MR) is 61.6 cm³/mol. The van der Waals surface area contributed by atoms with Gasteiger partial charge >= 0.3 is 5.97 Å². The maximum Gasteiger partial charge on any atom is 0.312 e. The lowest BCUT2D eigenvalue weighted by Gasteiger charge is -2.16. The van der Waals surface area contributed by atoms with Crippen molar-refractivity contribution in [1.29, 1.82) is 0 Å². The third kappa shape index (κ3) is 2.72. The summed E-state index contributed by atoms with van der Waals surface area (Å²) in [5, 5.41) is 8.97. The first kappa shape index (κ1) is 12.5. The van der Waals surface area contributed by atoms with Crippen molar-refractivity contribution in [3.63, 3.8) is 0 Å². The summed E-state index contributed by atoms with van der Waals surface area (Å²) in [6.45, 7) is 6.13. The molecule has 0 radical (unpaired) electrons. The summed E-state index contributed by atoms with van der Waals surface area (Å²) >= 11 is 0. The van der Waals surface area contributed by atoms with Crippen LogP contribution in [0.15, 0.2) is 23.0 Å². The number of pyridine rings is 1. The minimum Gasteiger partial charge on any atom is -0.481 e. The minimum atomic E-state index is -0.914. The van der Waals surface area contributed by atoms with Crippen LogP contribution >= 0.6 is 0 Å². The Morgan fingerprint density at radius 3 is 2.50 bits per heavy atom. The molecule has 1 aromatic heterocycles. The normalized spacial score (nSPS) is 12.8. The van der Waals surface area contributed by atoms with E-state index in [1.54, 1.807) is 23.6 Å². The van der Waals surface area contributed by atoms with E-state index in [9.17, 15) is 9.59 Å². The van der Waals surface area contributed by atoms with E-state index in [-0.39, 0.29) is 5.56 Å². The molecule has 4 heteroatoms. The van der Waals surface area contributed by atoms with Crippen molar-refractivity contribution in [3.8, 4) is 0 Å². The molecule has 0 fully saturated rings. The standard InChI is InChI=1S/C12H17NO3/c1-8(2)7-13-10(9(3)12(15)16)5-4-6-11(13)14/h4-6,8-9H,7H2,1-3H3,(H,15,16). The smallest absolute Gasteiger partial charge is 0.312 e. The van der Waals surface area contributed by atoms with Crippen molar-refractivity contribution in [2.45, 2.75) is 33.2 Å². The van der Waals surface area contributed by atoms with Gasteiger partial charge in [0.1, 0.15) is 0 Å². The number of hydrogen-bond donors (Lipinski definition) is 1. The highest BCUT2D eigenvalue weighted by atomic mass is 16.4. The van der Waals surface area contributed by atoms with Crippen molar-refractivity contribution in [2.75, 3.05) is 0 Å². The van der Waals surface area contributed by atoms with E-state index in [1.807, 2.05) is 13.8 Å². The van der Waals surface area contributed by atoms with Gasteiger partial charge in [-0.15, -0.1) is 0 Å². The average Bonchev–Trinajstić information content (AvgIpc) is 2.19. The third-order valence-corrected chi connectivity index (χ3v) is 2.45. The highest BCUT2D eigenvalue weighted by Crippen LogP contribution is 2.14. The highest BCUT2D eigenvalue weighted by molar-refractivity contribution is 5.74. The van der Waals surface area contributed by atoms with E-state index in [0.717, 1.165) is 0 Å². The first-order chi connectivity index (χ1) is 7.43. The Morgan fingerprint density at radius 1 is 1.38 bits per heavy atom. The number of nitrogens with zero attached hydrogens (tertiary/aromatic N) is 1. The summed E-state index contributed by atoms with van der Waals surface area (Å²) in [7, 11) is 0. The number of carboxylic acids is 1. The zero-order chi connectivity index (χ0) is 12.3. The lowest BCUT2D eigenvalue weighted by molar-refractivity contribution is -0.138. The Labute approximate surface area is 94.5 Å². The average molecular weight is 223 g/mol. The second-order valence-corrected chi connectivity index (χ2v) is 4.35. The zero-order valence-electron chi connectivity index (χ0n) is 9.80. The van der Waals surface area contributed by atoms with Gasteiger partial charge in [-0.2, -0.15) is 0 Å². The second-order valence-electron chi connectivity index (χ2n) is 4.35. The van der Waals surface area contributed by atoms with Crippen molar-refractivity contribution in [2.24, 2.45) is 5.92 Å². The van der Waals surface area contributed by atoms with Crippen LogP contribution in [0.5, 0.6) is 0 Å². The summed E-state index contributed by atoms with van der Waals surface area (Å²) in [4.78, 5) is 22.6. The molecule has 16 heavy (non-hydrogen) atoms. The summed E-state index contributed by atoms with van der Waals surface area (Å²) < 4.78 is 1.55. The molecular formula is C12H17NO3. The van der Waals surface area contributed by atoms with Crippen LogP contribution in [0.4, 0.5) is 0 Å². The van der Waals surface area contributed by atoms with E-state index >= 15 is 0 Å². The lowest BCUT2D eigenvalue weighted by atomic mass is 10.1. The van der Waals surface area contributed by atoms with E-state index in [1.165, 1.54) is 6.07 Å². The molecule has 1 rings (SSSR count). The zero-order valence-corrected chi connectivity index (χ0v) is 9.80. The van der Waals surface area contributed by atoms with Crippen LogP contribution in [0.25, 0.3) is 0 Å². The molecule has 0 aliphatic rings. The van der Waals surface area contributed by atoms with E-state index < -0.39 is 11.9 Å². The number of aromatic nitrogens is 1. The summed E-state index contributed by atoms with van der Waals surface area (Å²) in [5.41, 5.74) is 0.424. The van der Waals surface area contributed by atoms with Crippen LogP contribution in [-0.2, 0) is 11.3 Å². The predicted octanol–water partition coefficient (Wildman–Crippen LogP) is 1.69. The molecule has 1 aromatic rings. The molecule has 0 amide bonds. The quantitative estimate of drug-likeness (QED) is 0.845. The molecular weight excluding hydrogens is 206 g/mol. The van der Waals surface area contributed by atoms with Crippen molar-refractivity contribution < 1.29 is 9.90 Å². The topological polar surface area (TPSA) is 59.3 Å². The molecule has 0 aliphatic heterocycles. The van der Waals surface area contributed by atoms with Gasteiger partial charge in [0, 0.05) is 18.3 Å². The third-order valence-electron chi connectivity index (χ3n) is 2.45. The van der Waals surface area contributed by atoms with Crippen molar-refractivity contribution in [3.05, 3.63) is 34.2 Å². The van der Waals surface area contributed by atoms with Gasteiger partial charge in [0.2, 0.25) is 0 Å². The monoisotopic (exact) mass is 223 g/mol. The maximum atomic E-state index is 11.7. The van der Waals surface area contributed by atoms with Crippen molar-refractivity contribution in [1.82, 2.24) is 4.57 Å². The number of rotatable bonds is 4. The van der Waals surface area contributed by atoms with Crippen LogP contribution < -0.4 is 5.56 Å². The van der Waals surface area contributed by atoms with Gasteiger partial charge in [0.25, 0.3) is 5.56 Å². The van der Waals surface area contributed by atoms with Crippen LogP contribution in [0.2, 0.25) is 0 Å². The Kier molecular flexibility index (Phi) is 3.88. The lowest BCUT2D eigenvalue weighted by Crippen LogP contribution is -2.27. The summed E-state index contributed by atoms with van der Waals surface area (Å²) in [6.07, 6.45) is 0. The van der Waals surface area contributed by atoms with Gasteiger partial charge in [0.15, 0.2) is 0 Å². The van der Waals surface area contributed by atoms with Gasteiger partial charge in [-0.1, -0.05) is 19.9 Å². The molecule has 0 bridgehead atoms. The second kappa shape index (κ2) is 4.96. The van der Waals surface area contributed by atoms with Crippen LogP contribution in [0, 0.1) is 5.92 Å².